The van der Waals surface area contributed by atoms with Gasteiger partial charge in [0.2, 0.25) is 0 Å². The van der Waals surface area contributed by atoms with E-state index in [4.69, 9.17) is 57.2 Å². The Morgan fingerprint density at radius 2 is 1.76 bits per heavy atom. The van der Waals surface area contributed by atoms with Crippen LogP contribution in [0.1, 0.15) is 18.4 Å². The summed E-state index contributed by atoms with van der Waals surface area (Å²) >= 11 is 5.93. The van der Waals surface area contributed by atoms with E-state index in [0.29, 0.717) is 41.8 Å². The molecule has 164 valence electrons. The molecule has 0 aliphatic carbocycles. The van der Waals surface area contributed by atoms with Gasteiger partial charge in [-0.25, -0.2) is 4.98 Å². The van der Waals surface area contributed by atoms with Gasteiger partial charge in [0.15, 0.2) is 23.0 Å². The van der Waals surface area contributed by atoms with Crippen LogP contribution in [0.3, 0.4) is 0 Å². The Balaban J connectivity index is 1.28. The van der Waals surface area contributed by atoms with Gasteiger partial charge in [-0.3, -0.25) is 4.79 Å². The zero-order chi connectivity index (χ0) is 24.3. The molecule has 5 rings (SSSR count). The van der Waals surface area contributed by atoms with Crippen LogP contribution in [0.5, 0.6) is 17.2 Å². The van der Waals surface area contributed by atoms with Crippen LogP contribution >= 0.6 is 11.6 Å². The lowest BCUT2D eigenvalue weighted by Gasteiger charge is -2.48. The average Bonchev–Trinajstić information content (AvgIpc) is 2.77. The Hall–Kier alpha value is -2.74. The molecule has 1 fully saturated rings. The summed E-state index contributed by atoms with van der Waals surface area (Å²) in [6, 6.07) is 6.85. The van der Waals surface area contributed by atoms with Crippen LogP contribution in [-0.4, -0.2) is 76.0 Å². The van der Waals surface area contributed by atoms with Crippen LogP contribution < -0.4 is 24.7 Å². The maximum absolute atomic E-state index is 12.3. The maximum Gasteiger partial charge on any atom is 0.293 e. The highest BCUT2D eigenvalue weighted by Crippen LogP contribution is 2.41. The molecule has 0 N–H and O–H groups in total. The van der Waals surface area contributed by atoms with E-state index in [9.17, 15) is 4.79 Å². The molecule has 8 nitrogen and oxygen atoms in total. The predicted molar refractivity (Wildman–Crippen MR) is 131 cm³/mol. The molecule has 3 aromatic rings. The van der Waals surface area contributed by atoms with Gasteiger partial charge in [-0.05, 0) is 30.7 Å². The number of fused-ring (bicyclic) bond motifs is 2. The zero-order valence-electron chi connectivity index (χ0n) is 18.4. The highest BCUT2D eigenvalue weighted by molar-refractivity contribution is 6.53. The Labute approximate surface area is 206 Å². The van der Waals surface area contributed by atoms with Crippen LogP contribution in [0.4, 0.5) is 5.82 Å². The van der Waals surface area contributed by atoms with Gasteiger partial charge < -0.3 is 19.1 Å². The number of hydrogen-bond acceptors (Lipinski definition) is 7. The van der Waals surface area contributed by atoms with Crippen molar-refractivity contribution in [2.24, 2.45) is 0 Å². The number of aromatic nitrogens is 3. The number of hydrogen-bond donors (Lipinski definition) is 0. The molecule has 2 aliphatic heterocycles. The summed E-state index contributed by atoms with van der Waals surface area (Å²) in [4.78, 5) is 18.6. The Bertz CT molecular complexity index is 1330. The highest BCUT2D eigenvalue weighted by Gasteiger charge is 2.43. The summed E-state index contributed by atoms with van der Waals surface area (Å²) in [5.41, 5.74) is 0.974. The lowest BCUT2D eigenvalue weighted by atomic mass is 9.41. The van der Waals surface area contributed by atoms with Crippen LogP contribution in [-0.2, 0) is 0 Å². The quantitative estimate of drug-likeness (QED) is 0.528. The second-order valence-corrected chi connectivity index (χ2v) is 8.94. The minimum atomic E-state index is -1.91. The van der Waals surface area contributed by atoms with Crippen molar-refractivity contribution in [1.82, 2.24) is 14.6 Å². The van der Waals surface area contributed by atoms with Gasteiger partial charge in [-0.15, -0.1) is 5.10 Å². The monoisotopic (exact) mass is 468 g/mol. The number of anilines is 1. The largest absolute Gasteiger partial charge is 0.501 e. The van der Waals surface area contributed by atoms with Crippen LogP contribution in [0.2, 0.25) is 5.02 Å². The average molecular weight is 468 g/mol. The first kappa shape index (κ1) is 23.0. The Morgan fingerprint density at radius 3 is 2.47 bits per heavy atom. The summed E-state index contributed by atoms with van der Waals surface area (Å²) in [5.74, 6) is 1.90. The van der Waals surface area contributed by atoms with Crippen molar-refractivity contribution in [2.75, 3.05) is 18.0 Å². The number of halogens is 1. The van der Waals surface area contributed by atoms with E-state index in [1.807, 2.05) is 13.0 Å². The molecule has 0 amide bonds. The summed E-state index contributed by atoms with van der Waals surface area (Å²) in [6.45, 7) is 3.32. The molecule has 2 aliphatic rings. The summed E-state index contributed by atoms with van der Waals surface area (Å²) in [5, 5.41) is 0.749. The molecule has 34 heavy (non-hydrogen) atoms. The molecule has 1 aromatic carbocycles. The van der Waals surface area contributed by atoms with Gasteiger partial charge in [0.05, 0.1) is 6.20 Å². The first-order chi connectivity index (χ1) is 16.0. The van der Waals surface area contributed by atoms with Gasteiger partial charge in [0.25, 0.3) is 5.56 Å². The van der Waals surface area contributed by atoms with Gasteiger partial charge in [0.1, 0.15) is 48.3 Å². The van der Waals surface area contributed by atoms with Gasteiger partial charge >= 0.3 is 0 Å². The fourth-order valence-corrected chi connectivity index (χ4v) is 4.13. The number of rotatable bonds is 3. The standard InChI is InChI=1S/C21H17B4ClN4O4/c1-11-8-17-27-10-14(26)19(31)30(17)28-18(11)29-6-4-12(5-7-29)32-13-2-3-15-16(9-13)34-21(24,25)20(22,23)33-15/h2-3,8-10,12H,4-7H2,1H3. The van der Waals surface area contributed by atoms with E-state index in [1.165, 1.54) is 10.7 Å². The molecule has 1 saturated heterocycles. The summed E-state index contributed by atoms with van der Waals surface area (Å²) < 4.78 is 18.4. The normalized spacial score (nSPS) is 19.2. The molecule has 0 unspecified atom stereocenters. The fraction of sp³-hybridized carbons (Fsp3) is 0.381. The Morgan fingerprint density at radius 1 is 1.09 bits per heavy atom. The molecule has 0 atom stereocenters. The summed E-state index contributed by atoms with van der Waals surface area (Å²) in [7, 11) is 23.2. The zero-order valence-corrected chi connectivity index (χ0v) is 19.2. The third-order valence-corrected chi connectivity index (χ3v) is 6.20. The third-order valence-electron chi connectivity index (χ3n) is 5.94. The molecule has 13 heteroatoms. The number of benzene rings is 1. The fourth-order valence-electron chi connectivity index (χ4n) is 4.00. The number of nitrogens with zero attached hydrogens (tertiary/aromatic N) is 4. The molecule has 8 radical (unpaired) electrons. The Kier molecular flexibility index (Phi) is 5.54. The molecule has 0 saturated carbocycles. The molecule has 0 spiro atoms. The number of piperidine rings is 1. The van der Waals surface area contributed by atoms with E-state index in [-0.39, 0.29) is 11.1 Å². The predicted octanol–water partition coefficient (Wildman–Crippen LogP) is 0.852. The molecule has 4 heterocycles. The van der Waals surface area contributed by atoms with E-state index >= 15 is 0 Å². The van der Waals surface area contributed by atoms with Crippen LogP contribution in [0.15, 0.2) is 35.3 Å². The van der Waals surface area contributed by atoms with Crippen molar-refractivity contribution in [3.63, 3.8) is 0 Å². The number of ether oxygens (including phenoxy) is 3. The molecular weight excluding hydrogens is 451 g/mol. The van der Waals surface area contributed by atoms with Crippen molar-refractivity contribution < 1.29 is 14.2 Å². The first-order valence-electron chi connectivity index (χ1n) is 10.7. The van der Waals surface area contributed by atoms with Gasteiger partial charge in [-0.2, -0.15) is 4.52 Å². The summed E-state index contributed by atoms with van der Waals surface area (Å²) in [6.07, 6.45) is 2.78. The molecule has 0 bridgehead atoms. The minimum absolute atomic E-state index is 0.0245. The lowest BCUT2D eigenvalue weighted by Crippen LogP contribution is -2.65. The van der Waals surface area contributed by atoms with Gasteiger partial charge in [-0.1, -0.05) is 11.6 Å². The van der Waals surface area contributed by atoms with Crippen LogP contribution in [0.25, 0.3) is 5.65 Å². The van der Waals surface area contributed by atoms with Crippen molar-refractivity contribution in [3.8, 4) is 17.2 Å². The van der Waals surface area contributed by atoms with Crippen molar-refractivity contribution in [2.45, 2.75) is 36.7 Å². The third kappa shape index (κ3) is 4.02. The second-order valence-electron chi connectivity index (χ2n) is 8.54. The minimum Gasteiger partial charge on any atom is -0.501 e. The second kappa shape index (κ2) is 8.18. The van der Waals surface area contributed by atoms with Crippen LogP contribution in [0, 0.1) is 6.92 Å². The maximum atomic E-state index is 12.3. The first-order valence-corrected chi connectivity index (χ1v) is 11.1. The highest BCUT2D eigenvalue weighted by atomic mass is 35.5. The van der Waals surface area contributed by atoms with Crippen molar-refractivity contribution in [3.05, 3.63) is 51.4 Å². The van der Waals surface area contributed by atoms with Gasteiger partial charge in [0, 0.05) is 42.8 Å². The lowest BCUT2D eigenvalue weighted by molar-refractivity contribution is 0.0609. The molecule has 2 aromatic heterocycles. The van der Waals surface area contributed by atoms with E-state index in [0.717, 1.165) is 18.4 Å². The molecular formula is C21H17B4ClN4O4. The van der Waals surface area contributed by atoms with E-state index < -0.39 is 16.4 Å². The van der Waals surface area contributed by atoms with E-state index in [1.54, 1.807) is 18.2 Å². The SMILES string of the molecule is [B]C1([B])Oc2ccc(OC3CCN(c4nn5c(=O)c(Cl)cnc5cc4C)CC3)cc2OC1([B])[B]. The van der Waals surface area contributed by atoms with Crippen molar-refractivity contribution in [1.29, 1.82) is 0 Å². The van der Waals surface area contributed by atoms with Crippen molar-refractivity contribution >= 4 is 54.5 Å². The van der Waals surface area contributed by atoms with E-state index in [2.05, 4.69) is 15.0 Å². The topological polar surface area (TPSA) is 78.2 Å². The number of aryl methyl sites for hydroxylation is 1. The smallest absolute Gasteiger partial charge is 0.293 e.